The van der Waals surface area contributed by atoms with Gasteiger partial charge in [-0.05, 0) is 50.1 Å². The molecule has 1 heterocycles. The lowest BCUT2D eigenvalue weighted by Gasteiger charge is -2.19. The second kappa shape index (κ2) is 8.69. The molecule has 1 unspecified atom stereocenters. The molecule has 0 aliphatic carbocycles. The lowest BCUT2D eigenvalue weighted by atomic mass is 10.1. The molecule has 26 heavy (non-hydrogen) atoms. The number of nitrogens with one attached hydrogen (secondary N) is 2. The fourth-order valence-corrected chi connectivity index (χ4v) is 2.43. The average Bonchev–Trinajstić information content (AvgIpc) is 2.60. The fourth-order valence-electron chi connectivity index (χ4n) is 2.43. The zero-order chi connectivity index (χ0) is 19.2. The molecule has 2 rings (SSSR count). The number of benzene rings is 1. The van der Waals surface area contributed by atoms with Gasteiger partial charge >= 0.3 is 6.18 Å². The van der Waals surface area contributed by atoms with E-state index in [1.807, 2.05) is 26.0 Å². The normalized spacial score (nSPS) is 13.4. The first kappa shape index (κ1) is 19.8. The van der Waals surface area contributed by atoms with Crippen LogP contribution in [0.4, 0.5) is 13.2 Å². The molecule has 0 fully saturated rings. The van der Waals surface area contributed by atoms with Gasteiger partial charge in [-0.3, -0.25) is 4.98 Å². The number of alkyl halides is 3. The molecule has 1 atom stereocenters. The number of hydrogen-bond donors (Lipinski definition) is 2. The molecule has 0 aliphatic heterocycles. The number of aromatic nitrogens is 1. The summed E-state index contributed by atoms with van der Waals surface area (Å²) in [6.07, 6.45) is -2.64. The first-order valence-electron chi connectivity index (χ1n) is 8.43. The Morgan fingerprint density at radius 2 is 2.00 bits per heavy atom. The largest absolute Gasteiger partial charge is 0.416 e. The molecule has 0 saturated carbocycles. The van der Waals surface area contributed by atoms with Crippen molar-refractivity contribution in [3.05, 3.63) is 65.0 Å². The second-order valence-electron chi connectivity index (χ2n) is 5.95. The summed E-state index contributed by atoms with van der Waals surface area (Å²) in [4.78, 5) is 8.79. The van der Waals surface area contributed by atoms with Gasteiger partial charge in [0.2, 0.25) is 0 Å². The third-order valence-electron chi connectivity index (χ3n) is 3.92. The van der Waals surface area contributed by atoms with Crippen molar-refractivity contribution in [2.24, 2.45) is 4.99 Å². The number of nitrogens with zero attached hydrogens (tertiary/aromatic N) is 2. The van der Waals surface area contributed by atoms with Crippen LogP contribution in [0.3, 0.4) is 0 Å². The van der Waals surface area contributed by atoms with E-state index >= 15 is 0 Å². The topological polar surface area (TPSA) is 49.3 Å². The minimum Gasteiger partial charge on any atom is -0.357 e. The first-order valence-corrected chi connectivity index (χ1v) is 8.43. The molecule has 0 spiro atoms. The molecule has 0 bridgehead atoms. The van der Waals surface area contributed by atoms with Gasteiger partial charge in [0.05, 0.1) is 23.8 Å². The number of rotatable bonds is 5. The fraction of sp³-hybridized carbons (Fsp3) is 0.368. The highest BCUT2D eigenvalue weighted by Gasteiger charge is 2.30. The van der Waals surface area contributed by atoms with Crippen LogP contribution in [0.25, 0.3) is 0 Å². The number of halogens is 3. The van der Waals surface area contributed by atoms with Crippen LogP contribution >= 0.6 is 0 Å². The van der Waals surface area contributed by atoms with E-state index in [-0.39, 0.29) is 6.04 Å². The average molecular weight is 364 g/mol. The summed E-state index contributed by atoms with van der Waals surface area (Å²) in [5.41, 5.74) is 1.78. The molecule has 7 heteroatoms. The lowest BCUT2D eigenvalue weighted by molar-refractivity contribution is -0.137. The Morgan fingerprint density at radius 3 is 2.65 bits per heavy atom. The summed E-state index contributed by atoms with van der Waals surface area (Å²) >= 11 is 0. The van der Waals surface area contributed by atoms with Crippen LogP contribution in [-0.2, 0) is 12.7 Å². The summed E-state index contributed by atoms with van der Waals surface area (Å²) in [5, 5.41) is 6.25. The summed E-state index contributed by atoms with van der Waals surface area (Å²) < 4.78 is 38.7. The van der Waals surface area contributed by atoms with Crippen LogP contribution in [0.1, 0.15) is 42.3 Å². The predicted molar refractivity (Wildman–Crippen MR) is 96.8 cm³/mol. The molecule has 4 nitrogen and oxygen atoms in total. The van der Waals surface area contributed by atoms with Crippen molar-refractivity contribution in [3.63, 3.8) is 0 Å². The lowest BCUT2D eigenvalue weighted by Crippen LogP contribution is -2.38. The van der Waals surface area contributed by atoms with Crippen LogP contribution in [0.15, 0.2) is 47.6 Å². The molecule has 0 radical (unpaired) electrons. The molecular weight excluding hydrogens is 341 g/mol. The van der Waals surface area contributed by atoms with Crippen LogP contribution in [0, 0.1) is 6.92 Å². The van der Waals surface area contributed by atoms with Gasteiger partial charge in [-0.2, -0.15) is 13.2 Å². The first-order chi connectivity index (χ1) is 12.3. The minimum absolute atomic E-state index is 0.333. The van der Waals surface area contributed by atoms with Crippen LogP contribution < -0.4 is 10.6 Å². The van der Waals surface area contributed by atoms with Gasteiger partial charge in [-0.1, -0.05) is 18.2 Å². The van der Waals surface area contributed by atoms with Gasteiger partial charge in [0.15, 0.2) is 5.96 Å². The smallest absolute Gasteiger partial charge is 0.357 e. The summed E-state index contributed by atoms with van der Waals surface area (Å²) in [6, 6.07) is 8.80. The highest BCUT2D eigenvalue weighted by atomic mass is 19.4. The Balaban J connectivity index is 2.14. The molecule has 0 amide bonds. The van der Waals surface area contributed by atoms with E-state index in [0.29, 0.717) is 24.6 Å². The Morgan fingerprint density at radius 1 is 1.23 bits per heavy atom. The van der Waals surface area contributed by atoms with Gasteiger partial charge in [0.1, 0.15) is 0 Å². The van der Waals surface area contributed by atoms with E-state index in [1.165, 1.54) is 6.07 Å². The van der Waals surface area contributed by atoms with Crippen LogP contribution in [0.2, 0.25) is 0 Å². The van der Waals surface area contributed by atoms with Crippen molar-refractivity contribution < 1.29 is 13.2 Å². The van der Waals surface area contributed by atoms with E-state index < -0.39 is 11.7 Å². The van der Waals surface area contributed by atoms with Crippen molar-refractivity contribution >= 4 is 5.96 Å². The van der Waals surface area contributed by atoms with Crippen LogP contribution in [-0.4, -0.2) is 17.5 Å². The van der Waals surface area contributed by atoms with Crippen molar-refractivity contribution in [2.45, 2.75) is 39.5 Å². The van der Waals surface area contributed by atoms with E-state index in [2.05, 4.69) is 20.6 Å². The molecule has 0 aliphatic rings. The molecule has 140 valence electrons. The maximum absolute atomic E-state index is 12.9. The Kier molecular flexibility index (Phi) is 6.60. The zero-order valence-electron chi connectivity index (χ0n) is 15.1. The zero-order valence-corrected chi connectivity index (χ0v) is 15.1. The summed E-state index contributed by atoms with van der Waals surface area (Å²) in [6.45, 7) is 6.72. The van der Waals surface area contributed by atoms with Crippen molar-refractivity contribution in [2.75, 3.05) is 6.54 Å². The molecular formula is C19H23F3N4. The second-order valence-corrected chi connectivity index (χ2v) is 5.95. The Labute approximate surface area is 151 Å². The standard InChI is InChI=1S/C19H23F3N4/c1-4-23-18(25-12-17-13(2)7-6-10-24-17)26-14(3)15-8-5-9-16(11-15)19(20,21)22/h5-11,14H,4,12H2,1-3H3,(H2,23,25,26). The van der Waals surface area contributed by atoms with Gasteiger partial charge < -0.3 is 10.6 Å². The number of hydrogen-bond acceptors (Lipinski definition) is 2. The van der Waals surface area contributed by atoms with Gasteiger partial charge in [-0.15, -0.1) is 0 Å². The number of aryl methyl sites for hydroxylation is 1. The Bertz CT molecular complexity index is 756. The van der Waals surface area contributed by atoms with E-state index in [4.69, 9.17) is 0 Å². The third kappa shape index (κ3) is 5.47. The third-order valence-corrected chi connectivity index (χ3v) is 3.92. The highest BCUT2D eigenvalue weighted by Crippen LogP contribution is 2.30. The molecule has 2 aromatic rings. The molecule has 2 N–H and O–H groups in total. The quantitative estimate of drug-likeness (QED) is 0.617. The van der Waals surface area contributed by atoms with Gasteiger partial charge in [0, 0.05) is 12.7 Å². The number of aliphatic imine (C=N–C) groups is 1. The monoisotopic (exact) mass is 364 g/mol. The van der Waals surface area contributed by atoms with Crippen molar-refractivity contribution in [1.29, 1.82) is 0 Å². The van der Waals surface area contributed by atoms with E-state index in [0.717, 1.165) is 23.4 Å². The highest BCUT2D eigenvalue weighted by molar-refractivity contribution is 5.80. The molecule has 1 aromatic carbocycles. The Hall–Kier alpha value is -2.57. The van der Waals surface area contributed by atoms with Gasteiger partial charge in [-0.25, -0.2) is 4.99 Å². The predicted octanol–water partition coefficient (Wildman–Crippen LogP) is 4.23. The van der Waals surface area contributed by atoms with E-state index in [1.54, 1.807) is 19.2 Å². The van der Waals surface area contributed by atoms with Gasteiger partial charge in [0.25, 0.3) is 0 Å². The molecule has 0 saturated heterocycles. The van der Waals surface area contributed by atoms with E-state index in [9.17, 15) is 13.2 Å². The maximum Gasteiger partial charge on any atom is 0.416 e. The maximum atomic E-state index is 12.9. The molecule has 1 aromatic heterocycles. The summed E-state index contributed by atoms with van der Waals surface area (Å²) in [5.74, 6) is 0.530. The minimum atomic E-state index is -4.36. The van der Waals surface area contributed by atoms with Crippen LogP contribution in [0.5, 0.6) is 0 Å². The summed E-state index contributed by atoms with van der Waals surface area (Å²) in [7, 11) is 0. The van der Waals surface area contributed by atoms with Crippen molar-refractivity contribution in [1.82, 2.24) is 15.6 Å². The number of guanidine groups is 1. The SMILES string of the molecule is CCNC(=NCc1ncccc1C)NC(C)c1cccc(C(F)(F)F)c1. The van der Waals surface area contributed by atoms with Crippen molar-refractivity contribution in [3.8, 4) is 0 Å². The number of pyridine rings is 1.